The van der Waals surface area contributed by atoms with Gasteiger partial charge in [-0.1, -0.05) is 37.1 Å². The van der Waals surface area contributed by atoms with Gasteiger partial charge in [-0.25, -0.2) is 0 Å². The van der Waals surface area contributed by atoms with Gasteiger partial charge in [-0.3, -0.25) is 4.90 Å². The van der Waals surface area contributed by atoms with Gasteiger partial charge in [0.2, 0.25) is 0 Å². The summed E-state index contributed by atoms with van der Waals surface area (Å²) in [6.45, 7) is 11.3. The molecule has 1 aliphatic heterocycles. The van der Waals surface area contributed by atoms with E-state index < -0.39 is 0 Å². The molecule has 1 saturated heterocycles. The number of nitrogens with zero attached hydrogens (tertiary/aromatic N) is 1. The van der Waals surface area contributed by atoms with Crippen molar-refractivity contribution in [2.75, 3.05) is 13.1 Å². The third kappa shape index (κ3) is 5.64. The molecule has 1 fully saturated rings. The zero-order valence-corrected chi connectivity index (χ0v) is 13.4. The number of nitrogens with one attached hydrogen (secondary N) is 1. The number of rotatable bonds is 4. The average molecular weight is 274 g/mol. The van der Waals surface area contributed by atoms with Crippen LogP contribution in [0.25, 0.3) is 0 Å². The molecular formula is C18H30N2. The Labute approximate surface area is 124 Å². The SMILES string of the molecule is CC(C)(C)NCc1cccc(CN2CCCCCC2)c1. The van der Waals surface area contributed by atoms with E-state index in [-0.39, 0.29) is 5.54 Å². The van der Waals surface area contributed by atoms with Crippen LogP contribution in [-0.2, 0) is 13.1 Å². The zero-order valence-electron chi connectivity index (χ0n) is 13.4. The Bertz CT molecular complexity index is 398. The first-order valence-electron chi connectivity index (χ1n) is 8.08. The molecule has 1 aromatic rings. The maximum absolute atomic E-state index is 3.57. The highest BCUT2D eigenvalue weighted by Gasteiger charge is 2.11. The van der Waals surface area contributed by atoms with E-state index in [4.69, 9.17) is 0 Å². The molecule has 0 amide bonds. The van der Waals surface area contributed by atoms with Crippen molar-refractivity contribution < 1.29 is 0 Å². The Hall–Kier alpha value is -0.860. The van der Waals surface area contributed by atoms with E-state index in [1.807, 2.05) is 0 Å². The van der Waals surface area contributed by atoms with Crippen LogP contribution < -0.4 is 5.32 Å². The van der Waals surface area contributed by atoms with Crippen LogP contribution in [0.4, 0.5) is 0 Å². The Morgan fingerprint density at radius 2 is 1.65 bits per heavy atom. The molecule has 112 valence electrons. The van der Waals surface area contributed by atoms with E-state index in [2.05, 4.69) is 55.3 Å². The van der Waals surface area contributed by atoms with Gasteiger partial charge in [-0.2, -0.15) is 0 Å². The Balaban J connectivity index is 1.91. The molecule has 0 atom stereocenters. The third-order valence-electron chi connectivity index (χ3n) is 3.92. The monoisotopic (exact) mass is 274 g/mol. The van der Waals surface area contributed by atoms with Crippen molar-refractivity contribution >= 4 is 0 Å². The van der Waals surface area contributed by atoms with Gasteiger partial charge in [-0.15, -0.1) is 0 Å². The smallest absolute Gasteiger partial charge is 0.0233 e. The minimum absolute atomic E-state index is 0.181. The van der Waals surface area contributed by atoms with Crippen molar-refractivity contribution in [1.29, 1.82) is 0 Å². The fraction of sp³-hybridized carbons (Fsp3) is 0.667. The van der Waals surface area contributed by atoms with E-state index in [1.165, 1.54) is 49.9 Å². The fourth-order valence-electron chi connectivity index (χ4n) is 2.76. The van der Waals surface area contributed by atoms with Crippen LogP contribution in [-0.4, -0.2) is 23.5 Å². The van der Waals surface area contributed by atoms with Crippen LogP contribution in [0.5, 0.6) is 0 Å². The van der Waals surface area contributed by atoms with Crippen LogP contribution in [0.15, 0.2) is 24.3 Å². The second-order valence-corrected chi connectivity index (χ2v) is 7.11. The highest BCUT2D eigenvalue weighted by Crippen LogP contribution is 2.14. The summed E-state index contributed by atoms with van der Waals surface area (Å²) in [5.41, 5.74) is 3.04. The predicted molar refractivity (Wildman–Crippen MR) is 86.8 cm³/mol. The maximum Gasteiger partial charge on any atom is 0.0233 e. The summed E-state index contributed by atoms with van der Waals surface area (Å²) in [6.07, 6.45) is 5.55. The molecule has 0 spiro atoms. The molecule has 2 nitrogen and oxygen atoms in total. The van der Waals surface area contributed by atoms with Gasteiger partial charge in [0.1, 0.15) is 0 Å². The summed E-state index contributed by atoms with van der Waals surface area (Å²) in [6, 6.07) is 9.06. The van der Waals surface area contributed by atoms with Crippen molar-refractivity contribution in [3.8, 4) is 0 Å². The first-order chi connectivity index (χ1) is 9.53. The van der Waals surface area contributed by atoms with Crippen LogP contribution in [0.1, 0.15) is 57.6 Å². The normalized spacial score (nSPS) is 17.9. The largest absolute Gasteiger partial charge is 0.308 e. The Kier molecular flexibility index (Phi) is 5.62. The summed E-state index contributed by atoms with van der Waals surface area (Å²) < 4.78 is 0. The summed E-state index contributed by atoms with van der Waals surface area (Å²) in [4.78, 5) is 2.61. The maximum atomic E-state index is 3.57. The lowest BCUT2D eigenvalue weighted by atomic mass is 10.1. The molecule has 1 heterocycles. The van der Waals surface area contributed by atoms with Gasteiger partial charge in [0, 0.05) is 18.6 Å². The molecule has 0 unspecified atom stereocenters. The number of likely N-dealkylation sites (tertiary alicyclic amines) is 1. The molecule has 1 aromatic carbocycles. The van der Waals surface area contributed by atoms with Crippen LogP contribution in [0.2, 0.25) is 0 Å². The van der Waals surface area contributed by atoms with E-state index in [0.29, 0.717) is 0 Å². The summed E-state index contributed by atoms with van der Waals surface area (Å²) in [5, 5.41) is 3.57. The van der Waals surface area contributed by atoms with Gasteiger partial charge in [0.15, 0.2) is 0 Å². The molecule has 0 saturated carbocycles. The highest BCUT2D eigenvalue weighted by atomic mass is 15.1. The van der Waals surface area contributed by atoms with E-state index in [9.17, 15) is 0 Å². The van der Waals surface area contributed by atoms with Crippen molar-refractivity contribution in [2.24, 2.45) is 0 Å². The Morgan fingerprint density at radius 3 is 2.30 bits per heavy atom. The number of hydrogen-bond donors (Lipinski definition) is 1. The van der Waals surface area contributed by atoms with Gasteiger partial charge >= 0.3 is 0 Å². The molecule has 20 heavy (non-hydrogen) atoms. The van der Waals surface area contributed by atoms with Gasteiger partial charge < -0.3 is 5.32 Å². The second-order valence-electron chi connectivity index (χ2n) is 7.11. The first-order valence-corrected chi connectivity index (χ1v) is 8.08. The molecule has 2 rings (SSSR count). The van der Waals surface area contributed by atoms with Crippen LogP contribution >= 0.6 is 0 Å². The summed E-state index contributed by atoms with van der Waals surface area (Å²) in [7, 11) is 0. The molecule has 0 aliphatic carbocycles. The minimum Gasteiger partial charge on any atom is -0.308 e. The summed E-state index contributed by atoms with van der Waals surface area (Å²) >= 11 is 0. The Morgan fingerprint density at radius 1 is 1.00 bits per heavy atom. The first kappa shape index (κ1) is 15.5. The lowest BCUT2D eigenvalue weighted by Crippen LogP contribution is -2.35. The van der Waals surface area contributed by atoms with Gasteiger partial charge in [-0.05, 0) is 57.8 Å². The molecule has 0 radical (unpaired) electrons. The summed E-state index contributed by atoms with van der Waals surface area (Å²) in [5.74, 6) is 0. The van der Waals surface area contributed by atoms with Gasteiger partial charge in [0.05, 0.1) is 0 Å². The number of benzene rings is 1. The lowest BCUT2D eigenvalue weighted by Gasteiger charge is -2.22. The number of hydrogen-bond acceptors (Lipinski definition) is 2. The molecule has 2 heteroatoms. The van der Waals surface area contributed by atoms with E-state index in [0.717, 1.165) is 13.1 Å². The molecular weight excluding hydrogens is 244 g/mol. The predicted octanol–water partition coefficient (Wildman–Crippen LogP) is 3.95. The third-order valence-corrected chi connectivity index (χ3v) is 3.92. The zero-order chi connectivity index (χ0) is 14.4. The van der Waals surface area contributed by atoms with Gasteiger partial charge in [0.25, 0.3) is 0 Å². The second kappa shape index (κ2) is 7.24. The molecule has 0 bridgehead atoms. The van der Waals surface area contributed by atoms with Crippen molar-refractivity contribution in [3.05, 3.63) is 35.4 Å². The van der Waals surface area contributed by atoms with Crippen LogP contribution in [0.3, 0.4) is 0 Å². The lowest BCUT2D eigenvalue weighted by molar-refractivity contribution is 0.277. The fourth-order valence-corrected chi connectivity index (χ4v) is 2.76. The van der Waals surface area contributed by atoms with E-state index in [1.54, 1.807) is 0 Å². The topological polar surface area (TPSA) is 15.3 Å². The van der Waals surface area contributed by atoms with Crippen LogP contribution in [0, 0.1) is 0 Å². The standard InChI is InChI=1S/C18H30N2/c1-18(2,3)19-14-16-9-8-10-17(13-16)15-20-11-6-4-5-7-12-20/h8-10,13,19H,4-7,11-12,14-15H2,1-3H3. The quantitative estimate of drug-likeness (QED) is 0.894. The van der Waals surface area contributed by atoms with Crippen molar-refractivity contribution in [2.45, 2.75) is 65.1 Å². The highest BCUT2D eigenvalue weighted by molar-refractivity contribution is 5.23. The molecule has 1 N–H and O–H groups in total. The van der Waals surface area contributed by atoms with Crippen molar-refractivity contribution in [1.82, 2.24) is 10.2 Å². The minimum atomic E-state index is 0.181. The average Bonchev–Trinajstić information content (AvgIpc) is 2.65. The molecule has 0 aromatic heterocycles. The van der Waals surface area contributed by atoms with E-state index >= 15 is 0 Å². The van der Waals surface area contributed by atoms with Crippen molar-refractivity contribution in [3.63, 3.8) is 0 Å². The molecule has 1 aliphatic rings.